The van der Waals surface area contributed by atoms with Crippen LogP contribution in [0.15, 0.2) is 66.7 Å². The lowest BCUT2D eigenvalue weighted by atomic mass is 10.0. The second kappa shape index (κ2) is 6.46. The maximum absolute atomic E-state index is 13.7. The van der Waals surface area contributed by atoms with E-state index in [9.17, 15) is 8.78 Å². The van der Waals surface area contributed by atoms with Gasteiger partial charge in [0.15, 0.2) is 0 Å². The fraction of sp³-hybridized carbons (Fsp3) is 0.0476. The van der Waals surface area contributed by atoms with E-state index in [0.29, 0.717) is 5.56 Å². The van der Waals surface area contributed by atoms with E-state index in [4.69, 9.17) is 0 Å². The van der Waals surface area contributed by atoms with E-state index in [1.54, 1.807) is 18.2 Å². The molecular formula is C21H14F2. The maximum atomic E-state index is 13.7. The molecule has 0 aliphatic heterocycles. The lowest BCUT2D eigenvalue weighted by Crippen LogP contribution is -1.85. The van der Waals surface area contributed by atoms with Crippen LogP contribution in [-0.4, -0.2) is 0 Å². The first kappa shape index (κ1) is 15.0. The average Bonchev–Trinajstić information content (AvgIpc) is 2.55. The van der Waals surface area contributed by atoms with E-state index in [0.717, 1.165) is 22.3 Å². The van der Waals surface area contributed by atoms with Gasteiger partial charge < -0.3 is 0 Å². The van der Waals surface area contributed by atoms with Crippen LogP contribution in [0.25, 0.3) is 11.1 Å². The number of rotatable bonds is 1. The largest absolute Gasteiger partial charge is 0.207 e. The van der Waals surface area contributed by atoms with Crippen molar-refractivity contribution < 1.29 is 8.78 Å². The Morgan fingerprint density at radius 1 is 0.696 bits per heavy atom. The molecule has 0 aliphatic rings. The third-order valence-electron chi connectivity index (χ3n) is 3.53. The lowest BCUT2D eigenvalue weighted by Gasteiger charge is -2.01. The van der Waals surface area contributed by atoms with E-state index in [2.05, 4.69) is 11.8 Å². The fourth-order valence-electron chi connectivity index (χ4n) is 2.25. The van der Waals surface area contributed by atoms with Gasteiger partial charge in [0.05, 0.1) is 5.56 Å². The molecule has 0 amide bonds. The van der Waals surface area contributed by atoms with Crippen molar-refractivity contribution in [1.82, 2.24) is 0 Å². The zero-order valence-corrected chi connectivity index (χ0v) is 12.6. The number of hydrogen-bond donors (Lipinski definition) is 0. The zero-order valence-electron chi connectivity index (χ0n) is 12.6. The van der Waals surface area contributed by atoms with Crippen molar-refractivity contribution in [2.45, 2.75) is 6.92 Å². The first-order valence-electron chi connectivity index (χ1n) is 7.26. The molecule has 0 N–H and O–H groups in total. The Morgan fingerprint density at radius 2 is 1.30 bits per heavy atom. The Morgan fingerprint density at radius 3 is 1.91 bits per heavy atom. The summed E-state index contributed by atoms with van der Waals surface area (Å²) in [7, 11) is 0. The van der Waals surface area contributed by atoms with Crippen molar-refractivity contribution in [2.24, 2.45) is 0 Å². The fourth-order valence-corrected chi connectivity index (χ4v) is 2.25. The normalized spacial score (nSPS) is 10.0. The Hall–Kier alpha value is -2.92. The summed E-state index contributed by atoms with van der Waals surface area (Å²) in [5.41, 5.74) is 3.98. The molecule has 2 heteroatoms. The van der Waals surface area contributed by atoms with Crippen molar-refractivity contribution >= 4 is 0 Å². The van der Waals surface area contributed by atoms with Gasteiger partial charge in [0, 0.05) is 5.56 Å². The van der Waals surface area contributed by atoms with Crippen LogP contribution in [0.4, 0.5) is 8.78 Å². The molecule has 0 radical (unpaired) electrons. The van der Waals surface area contributed by atoms with E-state index < -0.39 is 0 Å². The SMILES string of the molecule is Cc1ccc(C#Cc2ccc(-c3ccc(F)cc3)cc2)c(F)c1. The molecule has 3 aromatic carbocycles. The number of benzene rings is 3. The molecule has 0 aromatic heterocycles. The summed E-state index contributed by atoms with van der Waals surface area (Å²) in [6.07, 6.45) is 0. The van der Waals surface area contributed by atoms with Gasteiger partial charge in [-0.2, -0.15) is 0 Å². The topological polar surface area (TPSA) is 0 Å². The molecule has 0 unspecified atom stereocenters. The molecule has 0 nitrogen and oxygen atoms in total. The van der Waals surface area contributed by atoms with Crippen LogP contribution in [0.1, 0.15) is 16.7 Å². The molecule has 0 bridgehead atoms. The minimum absolute atomic E-state index is 0.253. The van der Waals surface area contributed by atoms with Gasteiger partial charge in [-0.1, -0.05) is 42.2 Å². The van der Waals surface area contributed by atoms with Crippen LogP contribution in [0.2, 0.25) is 0 Å². The summed E-state index contributed by atoms with van der Waals surface area (Å²) in [6, 6.07) is 18.9. The van der Waals surface area contributed by atoms with Crippen LogP contribution in [0.5, 0.6) is 0 Å². The predicted octanol–water partition coefficient (Wildman–Crippen LogP) is 5.34. The van der Waals surface area contributed by atoms with E-state index in [1.165, 1.54) is 18.2 Å². The molecule has 0 spiro atoms. The highest BCUT2D eigenvalue weighted by molar-refractivity contribution is 5.64. The van der Waals surface area contributed by atoms with E-state index >= 15 is 0 Å². The van der Waals surface area contributed by atoms with Gasteiger partial charge in [0.25, 0.3) is 0 Å². The first-order chi connectivity index (χ1) is 11.1. The molecule has 0 atom stereocenters. The van der Waals surface area contributed by atoms with Crippen molar-refractivity contribution in [3.63, 3.8) is 0 Å². The first-order valence-corrected chi connectivity index (χ1v) is 7.26. The minimum atomic E-state index is -0.305. The molecule has 0 heterocycles. The summed E-state index contributed by atoms with van der Waals surface area (Å²) in [5, 5.41) is 0. The summed E-state index contributed by atoms with van der Waals surface area (Å²) in [6.45, 7) is 1.84. The smallest absolute Gasteiger partial charge is 0.139 e. The summed E-state index contributed by atoms with van der Waals surface area (Å²) >= 11 is 0. The van der Waals surface area contributed by atoms with Crippen LogP contribution < -0.4 is 0 Å². The molecule has 3 aromatic rings. The molecular weight excluding hydrogens is 290 g/mol. The Kier molecular flexibility index (Phi) is 4.21. The van der Waals surface area contributed by atoms with Gasteiger partial charge in [0.2, 0.25) is 0 Å². The third-order valence-corrected chi connectivity index (χ3v) is 3.53. The maximum Gasteiger partial charge on any atom is 0.139 e. The highest BCUT2D eigenvalue weighted by atomic mass is 19.1. The van der Waals surface area contributed by atoms with Gasteiger partial charge in [-0.05, 0) is 60.0 Å². The van der Waals surface area contributed by atoms with Gasteiger partial charge in [0.1, 0.15) is 11.6 Å². The van der Waals surface area contributed by atoms with E-state index in [1.807, 2.05) is 37.3 Å². The molecule has 0 aliphatic carbocycles. The summed E-state index contributed by atoms with van der Waals surface area (Å²) < 4.78 is 26.7. The second-order valence-electron chi connectivity index (χ2n) is 5.32. The van der Waals surface area contributed by atoms with Crippen molar-refractivity contribution in [2.75, 3.05) is 0 Å². The third kappa shape index (κ3) is 3.64. The number of hydrogen-bond acceptors (Lipinski definition) is 0. The Labute approximate surface area is 134 Å². The van der Waals surface area contributed by atoms with Gasteiger partial charge in [-0.15, -0.1) is 0 Å². The number of aryl methyl sites for hydroxylation is 1. The van der Waals surface area contributed by atoms with Gasteiger partial charge >= 0.3 is 0 Å². The van der Waals surface area contributed by atoms with Gasteiger partial charge in [-0.3, -0.25) is 0 Å². The van der Waals surface area contributed by atoms with Crippen molar-refractivity contribution in [1.29, 1.82) is 0 Å². The highest BCUT2D eigenvalue weighted by Gasteiger charge is 1.99. The quantitative estimate of drug-likeness (QED) is 0.532. The van der Waals surface area contributed by atoms with E-state index in [-0.39, 0.29) is 11.6 Å². The number of halogens is 2. The van der Waals surface area contributed by atoms with Gasteiger partial charge in [-0.25, -0.2) is 8.78 Å². The van der Waals surface area contributed by atoms with Crippen molar-refractivity contribution in [3.8, 4) is 23.0 Å². The summed E-state index contributed by atoms with van der Waals surface area (Å²) in [4.78, 5) is 0. The predicted molar refractivity (Wildman–Crippen MR) is 89.0 cm³/mol. The average molecular weight is 304 g/mol. The van der Waals surface area contributed by atoms with Crippen LogP contribution in [0, 0.1) is 30.4 Å². The van der Waals surface area contributed by atoms with Crippen LogP contribution in [0.3, 0.4) is 0 Å². The molecule has 0 saturated carbocycles. The Bertz CT molecular complexity index is 880. The van der Waals surface area contributed by atoms with Crippen LogP contribution in [-0.2, 0) is 0 Å². The standard InChI is InChI=1S/C21H14F2/c1-15-2-6-19(21(23)14-15)9-5-16-3-7-17(8-4-16)18-10-12-20(22)13-11-18/h2-4,6-8,10-14H,1H3. The monoisotopic (exact) mass is 304 g/mol. The highest BCUT2D eigenvalue weighted by Crippen LogP contribution is 2.20. The lowest BCUT2D eigenvalue weighted by molar-refractivity contribution is 0.623. The molecule has 23 heavy (non-hydrogen) atoms. The minimum Gasteiger partial charge on any atom is -0.207 e. The Balaban J connectivity index is 1.83. The summed E-state index contributed by atoms with van der Waals surface area (Å²) in [5.74, 6) is 5.25. The zero-order chi connectivity index (χ0) is 16.2. The molecule has 0 saturated heterocycles. The van der Waals surface area contributed by atoms with Crippen molar-refractivity contribution in [3.05, 3.63) is 95.1 Å². The second-order valence-corrected chi connectivity index (χ2v) is 5.32. The van der Waals surface area contributed by atoms with Crippen LogP contribution >= 0.6 is 0 Å². The molecule has 0 fully saturated rings. The molecule has 3 rings (SSSR count). The molecule has 112 valence electrons.